The first kappa shape index (κ1) is 12.0. The van der Waals surface area contributed by atoms with E-state index in [0.29, 0.717) is 0 Å². The van der Waals surface area contributed by atoms with Crippen molar-refractivity contribution < 1.29 is 9.53 Å². The van der Waals surface area contributed by atoms with E-state index < -0.39 is 5.54 Å². The average molecular weight is 209 g/mol. The summed E-state index contributed by atoms with van der Waals surface area (Å²) < 4.78 is 4.86. The fourth-order valence-electron chi connectivity index (χ4n) is 2.17. The SMILES string of the molecule is C=C[C@]1(C(=O)OC)CCCN1CC(=C)C. The van der Waals surface area contributed by atoms with Crippen molar-refractivity contribution in [3.05, 3.63) is 24.8 Å². The molecule has 1 atom stereocenters. The quantitative estimate of drug-likeness (QED) is 0.522. The van der Waals surface area contributed by atoms with Crippen molar-refractivity contribution in [2.24, 2.45) is 0 Å². The van der Waals surface area contributed by atoms with Crippen LogP contribution in [0.2, 0.25) is 0 Å². The Morgan fingerprint density at radius 1 is 1.67 bits per heavy atom. The highest BCUT2D eigenvalue weighted by atomic mass is 16.5. The molecule has 15 heavy (non-hydrogen) atoms. The Bertz CT molecular complexity index is 285. The summed E-state index contributed by atoms with van der Waals surface area (Å²) in [4.78, 5) is 13.9. The number of rotatable bonds is 4. The summed E-state index contributed by atoms with van der Waals surface area (Å²) in [6.07, 6.45) is 3.49. The Kier molecular flexibility index (Phi) is 3.69. The van der Waals surface area contributed by atoms with Crippen molar-refractivity contribution in [1.82, 2.24) is 4.90 Å². The fraction of sp³-hybridized carbons (Fsp3) is 0.583. The van der Waals surface area contributed by atoms with Crippen molar-refractivity contribution in [2.75, 3.05) is 20.2 Å². The summed E-state index contributed by atoms with van der Waals surface area (Å²) in [5.74, 6) is -0.212. The molecule has 0 aliphatic carbocycles. The molecule has 0 aromatic heterocycles. The van der Waals surface area contributed by atoms with Gasteiger partial charge in [-0.3, -0.25) is 4.90 Å². The number of nitrogens with zero attached hydrogens (tertiary/aromatic N) is 1. The van der Waals surface area contributed by atoms with Crippen molar-refractivity contribution in [3.8, 4) is 0 Å². The summed E-state index contributed by atoms with van der Waals surface area (Å²) in [6, 6.07) is 0. The average Bonchev–Trinajstić information content (AvgIpc) is 2.60. The molecule has 1 fully saturated rings. The topological polar surface area (TPSA) is 29.5 Å². The Morgan fingerprint density at radius 2 is 2.33 bits per heavy atom. The number of likely N-dealkylation sites (tertiary alicyclic amines) is 1. The van der Waals surface area contributed by atoms with Crippen LogP contribution in [0.15, 0.2) is 24.8 Å². The summed E-state index contributed by atoms with van der Waals surface area (Å²) in [5, 5.41) is 0. The lowest BCUT2D eigenvalue weighted by molar-refractivity contribution is -0.150. The summed E-state index contributed by atoms with van der Waals surface area (Å²) >= 11 is 0. The predicted molar refractivity (Wildman–Crippen MR) is 60.6 cm³/mol. The second-order valence-corrected chi connectivity index (χ2v) is 4.10. The van der Waals surface area contributed by atoms with Gasteiger partial charge in [0, 0.05) is 6.54 Å². The summed E-state index contributed by atoms with van der Waals surface area (Å²) in [5.41, 5.74) is 0.417. The lowest BCUT2D eigenvalue weighted by Gasteiger charge is -2.33. The molecule has 84 valence electrons. The van der Waals surface area contributed by atoms with Gasteiger partial charge in [0.15, 0.2) is 0 Å². The maximum atomic E-state index is 11.8. The van der Waals surface area contributed by atoms with E-state index in [1.54, 1.807) is 6.08 Å². The second-order valence-electron chi connectivity index (χ2n) is 4.10. The van der Waals surface area contributed by atoms with E-state index in [4.69, 9.17) is 4.74 Å². The Hall–Kier alpha value is -1.09. The van der Waals surface area contributed by atoms with Crippen molar-refractivity contribution in [1.29, 1.82) is 0 Å². The highest BCUT2D eigenvalue weighted by Gasteiger charge is 2.45. The number of hydrogen-bond acceptors (Lipinski definition) is 3. The molecule has 3 heteroatoms. The van der Waals surface area contributed by atoms with E-state index in [1.165, 1.54) is 7.11 Å². The monoisotopic (exact) mass is 209 g/mol. The minimum absolute atomic E-state index is 0.212. The van der Waals surface area contributed by atoms with Gasteiger partial charge in [0.05, 0.1) is 7.11 Å². The zero-order valence-electron chi connectivity index (χ0n) is 9.58. The molecule has 0 amide bonds. The molecule has 0 N–H and O–H groups in total. The smallest absolute Gasteiger partial charge is 0.330 e. The van der Waals surface area contributed by atoms with E-state index in [0.717, 1.165) is 31.5 Å². The van der Waals surface area contributed by atoms with Gasteiger partial charge in [-0.1, -0.05) is 18.2 Å². The molecule has 0 radical (unpaired) electrons. The van der Waals surface area contributed by atoms with Crippen LogP contribution in [-0.4, -0.2) is 36.6 Å². The molecular formula is C12H19NO2. The van der Waals surface area contributed by atoms with Crippen LogP contribution in [0.1, 0.15) is 19.8 Å². The van der Waals surface area contributed by atoms with Gasteiger partial charge in [-0.15, -0.1) is 6.58 Å². The second kappa shape index (κ2) is 4.62. The van der Waals surface area contributed by atoms with Crippen LogP contribution < -0.4 is 0 Å². The maximum absolute atomic E-state index is 11.8. The largest absolute Gasteiger partial charge is 0.467 e. The molecule has 1 rings (SSSR count). The lowest BCUT2D eigenvalue weighted by atomic mass is 9.96. The van der Waals surface area contributed by atoms with Gasteiger partial charge in [-0.05, 0) is 26.3 Å². The zero-order chi connectivity index (χ0) is 11.5. The third kappa shape index (κ3) is 2.12. The number of methoxy groups -OCH3 is 1. The van der Waals surface area contributed by atoms with Gasteiger partial charge in [0.2, 0.25) is 0 Å². The van der Waals surface area contributed by atoms with Gasteiger partial charge in [-0.25, -0.2) is 4.79 Å². The molecule has 0 unspecified atom stereocenters. The highest BCUT2D eigenvalue weighted by molar-refractivity contribution is 5.83. The van der Waals surface area contributed by atoms with Crippen LogP contribution >= 0.6 is 0 Å². The molecule has 1 heterocycles. The molecule has 0 aromatic carbocycles. The zero-order valence-corrected chi connectivity index (χ0v) is 9.58. The number of carbonyl (C=O) groups excluding carboxylic acids is 1. The Labute approximate surface area is 91.4 Å². The standard InChI is InChI=1S/C12H19NO2/c1-5-12(11(14)15-4)7-6-8-13(12)9-10(2)3/h5H,1-2,6-9H2,3-4H3/t12-/m1/s1. The van der Waals surface area contributed by atoms with Gasteiger partial charge < -0.3 is 4.74 Å². The first-order valence-electron chi connectivity index (χ1n) is 5.18. The van der Waals surface area contributed by atoms with Crippen LogP contribution in [0.25, 0.3) is 0 Å². The molecule has 0 bridgehead atoms. The van der Waals surface area contributed by atoms with Gasteiger partial charge in [0.25, 0.3) is 0 Å². The first-order valence-corrected chi connectivity index (χ1v) is 5.18. The van der Waals surface area contributed by atoms with Crippen molar-refractivity contribution in [3.63, 3.8) is 0 Å². The highest BCUT2D eigenvalue weighted by Crippen LogP contribution is 2.32. The maximum Gasteiger partial charge on any atom is 0.330 e. The Morgan fingerprint density at radius 3 is 2.80 bits per heavy atom. The predicted octanol–water partition coefficient (Wildman–Crippen LogP) is 1.76. The van der Waals surface area contributed by atoms with Gasteiger partial charge in [0.1, 0.15) is 5.54 Å². The Balaban J connectivity index is 2.90. The molecule has 0 aromatic rings. The van der Waals surface area contributed by atoms with E-state index >= 15 is 0 Å². The van der Waals surface area contributed by atoms with Crippen LogP contribution in [0.4, 0.5) is 0 Å². The van der Waals surface area contributed by atoms with Crippen molar-refractivity contribution in [2.45, 2.75) is 25.3 Å². The molecule has 1 aliphatic heterocycles. The van der Waals surface area contributed by atoms with Crippen molar-refractivity contribution >= 4 is 5.97 Å². The van der Waals surface area contributed by atoms with E-state index in [2.05, 4.69) is 18.1 Å². The van der Waals surface area contributed by atoms with Gasteiger partial charge in [-0.2, -0.15) is 0 Å². The summed E-state index contributed by atoms with van der Waals surface area (Å²) in [7, 11) is 1.42. The normalized spacial score (nSPS) is 26.3. The minimum atomic E-state index is -0.631. The van der Waals surface area contributed by atoms with Crippen LogP contribution in [-0.2, 0) is 9.53 Å². The van der Waals surface area contributed by atoms with Crippen LogP contribution in [0, 0.1) is 0 Å². The number of carbonyl (C=O) groups is 1. The van der Waals surface area contributed by atoms with E-state index in [-0.39, 0.29) is 5.97 Å². The van der Waals surface area contributed by atoms with E-state index in [1.807, 2.05) is 6.92 Å². The number of ether oxygens (including phenoxy) is 1. The minimum Gasteiger partial charge on any atom is -0.467 e. The number of hydrogen-bond donors (Lipinski definition) is 0. The third-order valence-corrected chi connectivity index (χ3v) is 2.89. The molecule has 3 nitrogen and oxygen atoms in total. The van der Waals surface area contributed by atoms with Gasteiger partial charge >= 0.3 is 5.97 Å². The molecule has 1 saturated heterocycles. The van der Waals surface area contributed by atoms with Crippen LogP contribution in [0.3, 0.4) is 0 Å². The third-order valence-electron chi connectivity index (χ3n) is 2.89. The molecule has 0 saturated carbocycles. The lowest BCUT2D eigenvalue weighted by Crippen LogP contribution is -2.49. The molecule has 0 spiro atoms. The summed E-state index contributed by atoms with van der Waals surface area (Å²) in [6.45, 7) is 11.2. The number of esters is 1. The first-order chi connectivity index (χ1) is 7.06. The van der Waals surface area contributed by atoms with Crippen LogP contribution in [0.5, 0.6) is 0 Å². The van der Waals surface area contributed by atoms with E-state index in [9.17, 15) is 4.79 Å². The fourth-order valence-corrected chi connectivity index (χ4v) is 2.17. The molecular weight excluding hydrogens is 190 g/mol. The molecule has 1 aliphatic rings.